The average Bonchev–Trinajstić information content (AvgIpc) is 2.63. The molecule has 5 heteroatoms. The van der Waals surface area contributed by atoms with Gasteiger partial charge in [-0.2, -0.15) is 0 Å². The second-order valence-corrected chi connectivity index (χ2v) is 5.20. The molecule has 1 N–H and O–H groups in total. The molecule has 0 aromatic heterocycles. The van der Waals surface area contributed by atoms with Crippen molar-refractivity contribution >= 4 is 11.9 Å². The summed E-state index contributed by atoms with van der Waals surface area (Å²) >= 11 is 0. The minimum absolute atomic E-state index is 0.109. The van der Waals surface area contributed by atoms with E-state index in [0.29, 0.717) is 31.3 Å². The number of carbonyl (C=O) groups is 1. The van der Waals surface area contributed by atoms with Crippen molar-refractivity contribution in [2.24, 2.45) is 0 Å². The molecule has 0 aliphatic carbocycles. The average molecular weight is 342 g/mol. The molecule has 0 amide bonds. The minimum atomic E-state index is -0.289. The number of rotatable bonds is 9. The fourth-order valence-electron chi connectivity index (χ4n) is 2.18. The smallest absolute Gasteiger partial charge is 0.189 e. The van der Waals surface area contributed by atoms with Crippen LogP contribution in [0.15, 0.2) is 48.5 Å². The summed E-state index contributed by atoms with van der Waals surface area (Å²) in [6.45, 7) is 3.60. The first-order valence-electron chi connectivity index (χ1n) is 8.04. The molecule has 2 rings (SSSR count). The standard InChI is InChI=1S/C20H22O5/c1-3-24-11-12-25-17-6-4-5-15(13-17)7-10-19(21)18-9-8-16(23-2)14-20(18)22/h4-10,13-14,22H,3,11-12H2,1-2H3/b10-7+. The molecule has 0 saturated carbocycles. The number of ketones is 1. The van der Waals surface area contributed by atoms with Crippen LogP contribution in [-0.2, 0) is 4.74 Å². The summed E-state index contributed by atoms with van der Waals surface area (Å²) < 4.78 is 15.8. The summed E-state index contributed by atoms with van der Waals surface area (Å²) in [7, 11) is 1.50. The molecular weight excluding hydrogens is 320 g/mol. The Morgan fingerprint density at radius 1 is 1.12 bits per heavy atom. The molecule has 0 bridgehead atoms. The fourth-order valence-corrected chi connectivity index (χ4v) is 2.18. The number of phenolic OH excluding ortho intramolecular Hbond substituents is 1. The Morgan fingerprint density at radius 2 is 1.96 bits per heavy atom. The van der Waals surface area contributed by atoms with Gasteiger partial charge in [0.25, 0.3) is 0 Å². The van der Waals surface area contributed by atoms with E-state index in [2.05, 4.69) is 0 Å². The van der Waals surface area contributed by atoms with Crippen LogP contribution in [0, 0.1) is 0 Å². The number of allylic oxidation sites excluding steroid dienone is 1. The van der Waals surface area contributed by atoms with Gasteiger partial charge in [-0.05, 0) is 42.8 Å². The number of methoxy groups -OCH3 is 1. The molecule has 2 aromatic rings. The lowest BCUT2D eigenvalue weighted by Gasteiger charge is -2.07. The number of carbonyl (C=O) groups excluding carboxylic acids is 1. The quantitative estimate of drug-likeness (QED) is 0.427. The van der Waals surface area contributed by atoms with E-state index in [4.69, 9.17) is 14.2 Å². The monoisotopic (exact) mass is 342 g/mol. The van der Waals surface area contributed by atoms with Crippen LogP contribution in [-0.4, -0.2) is 37.8 Å². The van der Waals surface area contributed by atoms with E-state index in [0.717, 1.165) is 5.56 Å². The Bertz CT molecular complexity index is 737. The topological polar surface area (TPSA) is 65.0 Å². The van der Waals surface area contributed by atoms with Gasteiger partial charge in [-0.3, -0.25) is 4.79 Å². The summed E-state index contributed by atoms with van der Waals surface area (Å²) in [5, 5.41) is 9.91. The van der Waals surface area contributed by atoms with Crippen LogP contribution in [0.5, 0.6) is 17.2 Å². The summed E-state index contributed by atoms with van der Waals surface area (Å²) in [5.74, 6) is 0.807. The summed E-state index contributed by atoms with van der Waals surface area (Å²) in [5.41, 5.74) is 1.05. The second kappa shape index (κ2) is 9.49. The van der Waals surface area contributed by atoms with Crippen molar-refractivity contribution < 1.29 is 24.1 Å². The third-order valence-corrected chi connectivity index (χ3v) is 3.46. The minimum Gasteiger partial charge on any atom is -0.507 e. The third-order valence-electron chi connectivity index (χ3n) is 3.46. The molecule has 0 aliphatic heterocycles. The predicted molar refractivity (Wildman–Crippen MR) is 96.5 cm³/mol. The van der Waals surface area contributed by atoms with Crippen molar-refractivity contribution in [1.82, 2.24) is 0 Å². The highest BCUT2D eigenvalue weighted by Crippen LogP contribution is 2.24. The zero-order valence-corrected chi connectivity index (χ0v) is 14.4. The highest BCUT2D eigenvalue weighted by atomic mass is 16.5. The van der Waals surface area contributed by atoms with Crippen LogP contribution < -0.4 is 9.47 Å². The van der Waals surface area contributed by atoms with Gasteiger partial charge < -0.3 is 19.3 Å². The van der Waals surface area contributed by atoms with Gasteiger partial charge in [-0.1, -0.05) is 18.2 Å². The molecule has 5 nitrogen and oxygen atoms in total. The van der Waals surface area contributed by atoms with Crippen molar-refractivity contribution in [2.75, 3.05) is 26.9 Å². The maximum absolute atomic E-state index is 12.2. The van der Waals surface area contributed by atoms with Crippen molar-refractivity contribution in [2.45, 2.75) is 6.92 Å². The maximum atomic E-state index is 12.2. The molecule has 2 aromatic carbocycles. The predicted octanol–water partition coefficient (Wildman–Crippen LogP) is 3.71. The number of phenols is 1. The van der Waals surface area contributed by atoms with Crippen molar-refractivity contribution in [3.63, 3.8) is 0 Å². The van der Waals surface area contributed by atoms with Crippen LogP contribution in [0.4, 0.5) is 0 Å². The lowest BCUT2D eigenvalue weighted by atomic mass is 10.1. The number of ether oxygens (including phenoxy) is 3. The molecule has 0 aliphatic rings. The lowest BCUT2D eigenvalue weighted by Crippen LogP contribution is -2.06. The van der Waals surface area contributed by atoms with Gasteiger partial charge in [0.15, 0.2) is 5.78 Å². The summed E-state index contributed by atoms with van der Waals surface area (Å²) in [6.07, 6.45) is 3.10. The Morgan fingerprint density at radius 3 is 2.68 bits per heavy atom. The fraction of sp³-hybridized carbons (Fsp3) is 0.250. The molecule has 0 spiro atoms. The van der Waals surface area contributed by atoms with Crippen molar-refractivity contribution in [3.05, 3.63) is 59.7 Å². The largest absolute Gasteiger partial charge is 0.507 e. The van der Waals surface area contributed by atoms with Gasteiger partial charge in [-0.15, -0.1) is 0 Å². The number of hydrogen-bond donors (Lipinski definition) is 1. The van der Waals surface area contributed by atoms with Gasteiger partial charge in [0, 0.05) is 12.7 Å². The first-order chi connectivity index (χ1) is 12.1. The first kappa shape index (κ1) is 18.5. The normalized spacial score (nSPS) is 10.8. The zero-order valence-electron chi connectivity index (χ0n) is 14.4. The molecule has 0 saturated heterocycles. The Kier molecular flexibility index (Phi) is 7.04. The Balaban J connectivity index is 2.02. The number of benzene rings is 2. The molecular formula is C20H22O5. The van der Waals surface area contributed by atoms with Gasteiger partial charge in [-0.25, -0.2) is 0 Å². The van der Waals surface area contributed by atoms with Crippen LogP contribution in [0.1, 0.15) is 22.8 Å². The van der Waals surface area contributed by atoms with Crippen LogP contribution in [0.25, 0.3) is 6.08 Å². The SMILES string of the molecule is CCOCCOc1cccc(/C=C/C(=O)c2ccc(OC)cc2O)c1. The van der Waals surface area contributed by atoms with E-state index in [9.17, 15) is 9.90 Å². The molecule has 0 unspecified atom stereocenters. The van der Waals surface area contributed by atoms with E-state index in [-0.39, 0.29) is 17.1 Å². The van der Waals surface area contributed by atoms with Crippen molar-refractivity contribution in [1.29, 1.82) is 0 Å². The van der Waals surface area contributed by atoms with Crippen LogP contribution in [0.3, 0.4) is 0 Å². The van der Waals surface area contributed by atoms with E-state index in [1.54, 1.807) is 12.1 Å². The molecule has 25 heavy (non-hydrogen) atoms. The molecule has 0 fully saturated rings. The third kappa shape index (κ3) is 5.65. The molecule has 0 radical (unpaired) electrons. The zero-order chi connectivity index (χ0) is 18.1. The van der Waals surface area contributed by atoms with Gasteiger partial charge in [0.05, 0.1) is 19.3 Å². The Hall–Kier alpha value is -2.79. The molecule has 132 valence electrons. The van der Waals surface area contributed by atoms with E-state index >= 15 is 0 Å². The van der Waals surface area contributed by atoms with Gasteiger partial charge in [0.2, 0.25) is 0 Å². The van der Waals surface area contributed by atoms with E-state index < -0.39 is 0 Å². The first-order valence-corrected chi connectivity index (χ1v) is 8.04. The number of aromatic hydroxyl groups is 1. The van der Waals surface area contributed by atoms with E-state index in [1.807, 2.05) is 31.2 Å². The second-order valence-electron chi connectivity index (χ2n) is 5.20. The van der Waals surface area contributed by atoms with Gasteiger partial charge >= 0.3 is 0 Å². The highest BCUT2D eigenvalue weighted by Gasteiger charge is 2.09. The lowest BCUT2D eigenvalue weighted by molar-refractivity contribution is 0.104. The number of hydrogen-bond acceptors (Lipinski definition) is 5. The van der Waals surface area contributed by atoms with Crippen LogP contribution >= 0.6 is 0 Å². The summed E-state index contributed by atoms with van der Waals surface area (Å²) in [4.78, 5) is 12.2. The van der Waals surface area contributed by atoms with E-state index in [1.165, 1.54) is 25.3 Å². The Labute approximate surface area is 147 Å². The highest BCUT2D eigenvalue weighted by molar-refractivity contribution is 6.08. The molecule has 0 atom stereocenters. The van der Waals surface area contributed by atoms with Crippen LogP contribution in [0.2, 0.25) is 0 Å². The molecule has 0 heterocycles. The van der Waals surface area contributed by atoms with Gasteiger partial charge in [0.1, 0.15) is 23.9 Å². The van der Waals surface area contributed by atoms with Crippen molar-refractivity contribution in [3.8, 4) is 17.2 Å². The maximum Gasteiger partial charge on any atom is 0.189 e. The summed E-state index contributed by atoms with van der Waals surface area (Å²) in [6, 6.07) is 12.0.